The summed E-state index contributed by atoms with van der Waals surface area (Å²) < 4.78 is 61.6. The Bertz CT molecular complexity index is 967. The van der Waals surface area contributed by atoms with Crippen molar-refractivity contribution in [3.8, 4) is 0 Å². The van der Waals surface area contributed by atoms with E-state index >= 15 is 0 Å². The second kappa shape index (κ2) is 8.65. The summed E-state index contributed by atoms with van der Waals surface area (Å²) in [5, 5.41) is 3.27. The maximum atomic E-state index is 14.4. The van der Waals surface area contributed by atoms with Gasteiger partial charge in [-0.1, -0.05) is 48.0 Å². The van der Waals surface area contributed by atoms with Crippen LogP contribution in [0, 0.1) is 23.3 Å². The molecule has 1 unspecified atom stereocenters. The minimum Gasteiger partial charge on any atom is -0.464 e. The van der Waals surface area contributed by atoms with Crippen molar-refractivity contribution in [1.82, 2.24) is 0 Å². The lowest BCUT2D eigenvalue weighted by Gasteiger charge is -2.23. The Morgan fingerprint density at radius 3 is 2.34 bits per heavy atom. The molecule has 0 saturated heterocycles. The zero-order chi connectivity index (χ0) is 21.1. The average molecular weight is 427 g/mol. The smallest absolute Gasteiger partial charge is 0.331 e. The van der Waals surface area contributed by atoms with E-state index in [4.69, 9.17) is 16.3 Å². The molecule has 0 bridgehead atoms. The molecule has 1 atom stereocenters. The highest BCUT2D eigenvalue weighted by atomic mass is 35.5. The van der Waals surface area contributed by atoms with E-state index in [-0.39, 0.29) is 18.7 Å². The number of ether oxygens (including phenoxy) is 1. The summed E-state index contributed by atoms with van der Waals surface area (Å²) in [5.41, 5.74) is -0.0608. The van der Waals surface area contributed by atoms with E-state index in [2.05, 4.69) is 5.10 Å². The van der Waals surface area contributed by atoms with Crippen molar-refractivity contribution in [3.05, 3.63) is 70.3 Å². The van der Waals surface area contributed by atoms with Gasteiger partial charge in [-0.25, -0.2) is 27.4 Å². The molecule has 29 heavy (non-hydrogen) atoms. The van der Waals surface area contributed by atoms with Gasteiger partial charge in [-0.2, -0.15) is 5.10 Å². The molecule has 0 N–H and O–H groups in total. The zero-order valence-corrected chi connectivity index (χ0v) is 15.9. The molecule has 1 aliphatic rings. The highest BCUT2D eigenvalue weighted by Crippen LogP contribution is 2.37. The number of hydrogen-bond acceptors (Lipinski definition) is 4. The van der Waals surface area contributed by atoms with Crippen molar-refractivity contribution < 1.29 is 27.1 Å². The van der Waals surface area contributed by atoms with Crippen molar-refractivity contribution in [2.24, 2.45) is 5.10 Å². The second-order valence-electron chi connectivity index (χ2n) is 6.07. The van der Waals surface area contributed by atoms with Crippen LogP contribution in [0.2, 0.25) is 5.02 Å². The lowest BCUT2D eigenvalue weighted by atomic mass is 10.1. The number of anilines is 1. The Hall–Kier alpha value is -2.87. The molecule has 1 aliphatic heterocycles. The van der Waals surface area contributed by atoms with Gasteiger partial charge in [0.2, 0.25) is 0 Å². The molecule has 0 amide bonds. The molecule has 0 saturated carbocycles. The van der Waals surface area contributed by atoms with E-state index in [9.17, 15) is 22.4 Å². The molecule has 0 aliphatic carbocycles. The van der Waals surface area contributed by atoms with Crippen LogP contribution in [0.3, 0.4) is 0 Å². The van der Waals surface area contributed by atoms with Crippen LogP contribution in [0.5, 0.6) is 0 Å². The molecule has 4 nitrogen and oxygen atoms in total. The van der Waals surface area contributed by atoms with E-state index in [1.54, 1.807) is 19.1 Å². The number of carbonyl (C=O) groups excluding carboxylic acids is 1. The van der Waals surface area contributed by atoms with Gasteiger partial charge in [-0.05, 0) is 18.6 Å². The van der Waals surface area contributed by atoms with Crippen molar-refractivity contribution in [2.75, 3.05) is 11.6 Å². The number of rotatable bonds is 5. The van der Waals surface area contributed by atoms with Gasteiger partial charge in [0, 0.05) is 6.42 Å². The van der Waals surface area contributed by atoms with Gasteiger partial charge in [0.25, 0.3) is 0 Å². The zero-order valence-electron chi connectivity index (χ0n) is 15.1. The predicted molar refractivity (Wildman–Crippen MR) is 102 cm³/mol. The van der Waals surface area contributed by atoms with E-state index < -0.39 is 46.0 Å². The van der Waals surface area contributed by atoms with E-state index in [0.29, 0.717) is 5.01 Å². The third-order valence-electron chi connectivity index (χ3n) is 4.18. The fraction of sp³-hybridized carbons (Fsp3) is 0.200. The number of hydrazone groups is 1. The maximum absolute atomic E-state index is 14.4. The summed E-state index contributed by atoms with van der Waals surface area (Å²) in [4.78, 5) is 12.3. The molecule has 0 fully saturated rings. The van der Waals surface area contributed by atoms with Gasteiger partial charge in [-0.3, -0.25) is 0 Å². The highest BCUT2D eigenvalue weighted by Gasteiger charge is 2.39. The molecule has 0 spiro atoms. The minimum absolute atomic E-state index is 0.00661. The standard InChI is InChI=1S/C20H15ClF4N2O2/c1-2-29-20(28)13-10-12(9-8-11-6-4-3-5-7-11)26-27(13)19-17(24)15(22)14(21)16(23)18(19)25/h3-9,13H,2,10H2,1H3. The van der Waals surface area contributed by atoms with Crippen molar-refractivity contribution in [2.45, 2.75) is 19.4 Å². The first kappa shape index (κ1) is 20.9. The first-order valence-electron chi connectivity index (χ1n) is 8.63. The predicted octanol–water partition coefficient (Wildman–Crippen LogP) is 5.11. The van der Waals surface area contributed by atoms with Gasteiger partial charge >= 0.3 is 5.97 Å². The normalized spacial score (nSPS) is 16.4. The van der Waals surface area contributed by atoms with Crippen LogP contribution < -0.4 is 5.01 Å². The first-order valence-corrected chi connectivity index (χ1v) is 9.00. The average Bonchev–Trinajstić information content (AvgIpc) is 3.14. The number of halogens is 5. The third-order valence-corrected chi connectivity index (χ3v) is 4.51. The van der Waals surface area contributed by atoms with Crippen LogP contribution in [0.4, 0.5) is 23.2 Å². The van der Waals surface area contributed by atoms with Crippen LogP contribution in [0.25, 0.3) is 6.08 Å². The molecule has 2 aromatic carbocycles. The van der Waals surface area contributed by atoms with Crippen molar-refractivity contribution in [1.29, 1.82) is 0 Å². The van der Waals surface area contributed by atoms with Gasteiger partial charge in [-0.15, -0.1) is 0 Å². The Morgan fingerprint density at radius 1 is 1.14 bits per heavy atom. The summed E-state index contributed by atoms with van der Waals surface area (Å²) in [6, 6.07) is 7.79. The summed E-state index contributed by atoms with van der Waals surface area (Å²) in [7, 11) is 0. The van der Waals surface area contributed by atoms with Crippen LogP contribution in [-0.2, 0) is 9.53 Å². The summed E-state index contributed by atoms with van der Waals surface area (Å²) >= 11 is 5.27. The SMILES string of the molecule is CCOC(=O)C1CC(C=Cc2ccccc2)=NN1c1c(F)c(F)c(Cl)c(F)c1F. The van der Waals surface area contributed by atoms with Crippen LogP contribution >= 0.6 is 11.6 Å². The Kier molecular flexibility index (Phi) is 6.22. The summed E-state index contributed by atoms with van der Waals surface area (Å²) in [5.74, 6) is -7.88. The lowest BCUT2D eigenvalue weighted by Crippen LogP contribution is -2.37. The molecule has 9 heteroatoms. The Balaban J connectivity index is 2.04. The second-order valence-corrected chi connectivity index (χ2v) is 6.45. The van der Waals surface area contributed by atoms with Gasteiger partial charge in [0.05, 0.1) is 12.3 Å². The summed E-state index contributed by atoms with van der Waals surface area (Å²) in [6.07, 6.45) is 3.15. The monoisotopic (exact) mass is 426 g/mol. The van der Waals surface area contributed by atoms with Crippen molar-refractivity contribution in [3.63, 3.8) is 0 Å². The van der Waals surface area contributed by atoms with E-state index in [0.717, 1.165) is 5.56 Å². The number of nitrogens with zero attached hydrogens (tertiary/aromatic N) is 2. The van der Waals surface area contributed by atoms with Gasteiger partial charge in [0.1, 0.15) is 10.7 Å². The van der Waals surface area contributed by atoms with Crippen LogP contribution in [0.15, 0.2) is 41.5 Å². The molecule has 1 heterocycles. The number of allylic oxidation sites excluding steroid dienone is 1. The quantitative estimate of drug-likeness (QED) is 0.289. The number of esters is 1. The lowest BCUT2D eigenvalue weighted by molar-refractivity contribution is -0.144. The van der Waals surface area contributed by atoms with Crippen molar-refractivity contribution >= 4 is 35.0 Å². The topological polar surface area (TPSA) is 41.9 Å². The molecular formula is C20H15ClF4N2O2. The first-order chi connectivity index (χ1) is 13.8. The van der Waals surface area contributed by atoms with Gasteiger partial charge in [0.15, 0.2) is 29.3 Å². The van der Waals surface area contributed by atoms with E-state index in [1.807, 2.05) is 30.3 Å². The number of hydrogen-bond donors (Lipinski definition) is 0. The fourth-order valence-electron chi connectivity index (χ4n) is 2.81. The maximum Gasteiger partial charge on any atom is 0.331 e. The van der Waals surface area contributed by atoms with E-state index in [1.165, 1.54) is 0 Å². The largest absolute Gasteiger partial charge is 0.464 e. The molecule has 152 valence electrons. The van der Waals surface area contributed by atoms with Crippen LogP contribution in [-0.4, -0.2) is 24.3 Å². The van der Waals surface area contributed by atoms with Gasteiger partial charge < -0.3 is 4.74 Å². The molecule has 0 aromatic heterocycles. The Labute approximate surface area is 169 Å². The highest BCUT2D eigenvalue weighted by molar-refractivity contribution is 6.31. The number of carbonyl (C=O) groups is 1. The molecule has 0 radical (unpaired) electrons. The van der Waals surface area contributed by atoms with Crippen LogP contribution in [0.1, 0.15) is 18.9 Å². The summed E-state index contributed by atoms with van der Waals surface area (Å²) in [6.45, 7) is 1.56. The molecule has 2 aromatic rings. The fourth-order valence-corrected chi connectivity index (χ4v) is 2.98. The molecule has 3 rings (SSSR count). The number of benzene rings is 2. The molecular weight excluding hydrogens is 412 g/mol. The Morgan fingerprint density at radius 2 is 1.76 bits per heavy atom. The minimum atomic E-state index is -1.77. The third kappa shape index (κ3) is 4.12.